The van der Waals surface area contributed by atoms with Gasteiger partial charge < -0.3 is 19.3 Å². The van der Waals surface area contributed by atoms with Gasteiger partial charge in [-0.25, -0.2) is 26.3 Å². The SMILES string of the molecule is C=Cc1ccc(Oc2ccc(C3(c4ccc(F)cc4)c4ccccc4-c4ccc(N(c5ccc(-c6ccc(N(c7ccc8c(c7)C(c7ccc(F)cc7)(c7ccc(Oc9ccc(C=C)cc9)cc7)c7ccccc7-8)c7cccc(F)c7F)cc6)cc5)c5ccc(F)cc5F)cc43)cc2)cc1. The van der Waals surface area contributed by atoms with E-state index in [9.17, 15) is 4.39 Å². The van der Waals surface area contributed by atoms with Crippen molar-refractivity contribution in [3.8, 4) is 56.4 Å². The average molecular weight is 1310 g/mol. The first kappa shape index (κ1) is 62.2. The van der Waals surface area contributed by atoms with Crippen LogP contribution < -0.4 is 19.3 Å². The van der Waals surface area contributed by atoms with Gasteiger partial charge in [0.25, 0.3) is 0 Å². The van der Waals surface area contributed by atoms with Crippen LogP contribution in [0.5, 0.6) is 23.0 Å². The fraction of sp³-hybridized carbons (Fsp3) is 0.0222. The van der Waals surface area contributed by atoms with Gasteiger partial charge in [-0.1, -0.05) is 189 Å². The van der Waals surface area contributed by atoms with Crippen LogP contribution in [0.2, 0.25) is 0 Å². The summed E-state index contributed by atoms with van der Waals surface area (Å²) in [5, 5.41) is 0. The van der Waals surface area contributed by atoms with Gasteiger partial charge in [-0.3, -0.25) is 0 Å². The molecule has 0 bridgehead atoms. The fourth-order valence-corrected chi connectivity index (χ4v) is 14.7. The van der Waals surface area contributed by atoms with Crippen LogP contribution in [0.25, 0.3) is 45.5 Å². The standard InChI is InChI=1S/C90H58F6N2O2/c1-3-57-16-43-72(44-17-57)99-74-47-28-63(29-48-74)89(61-24-32-65(91)33-25-61)80-12-7-5-10-76(80)78-51-41-70(55-82(78)89)97(86-53-36-67(93)54-85(86)95)68-37-20-59(21-38-68)60-22-39-69(40-23-60)98(87-15-9-14-84(94)88(87)96)71-42-52-79-77-11-6-8-13-81(77)90(83(79)56-71,62-26-34-66(92)35-27-62)64-30-49-75(50-31-64)100-73-45-18-58(4-2)19-46-73/h3-56H,1-2H2. The van der Waals surface area contributed by atoms with E-state index < -0.39 is 45.7 Å². The molecule has 4 nitrogen and oxygen atoms in total. The Labute approximate surface area is 575 Å². The van der Waals surface area contributed by atoms with Gasteiger partial charge in [0.1, 0.15) is 46.3 Å². The molecule has 0 fully saturated rings. The van der Waals surface area contributed by atoms with Gasteiger partial charge in [-0.2, -0.15) is 0 Å². The highest BCUT2D eigenvalue weighted by Crippen LogP contribution is 2.60. The molecule has 0 spiro atoms. The highest BCUT2D eigenvalue weighted by Gasteiger charge is 2.48. The summed E-state index contributed by atoms with van der Waals surface area (Å²) in [6, 6.07) is 94.9. The van der Waals surface area contributed by atoms with Gasteiger partial charge in [0, 0.05) is 28.8 Å². The number of nitrogens with zero attached hydrogens (tertiary/aromatic N) is 2. The summed E-state index contributed by atoms with van der Waals surface area (Å²) >= 11 is 0. The van der Waals surface area contributed by atoms with Gasteiger partial charge in [-0.15, -0.1) is 0 Å². The fourth-order valence-electron chi connectivity index (χ4n) is 14.7. The lowest BCUT2D eigenvalue weighted by Crippen LogP contribution is -2.29. The Morgan fingerprint density at radius 1 is 0.280 bits per heavy atom. The maximum Gasteiger partial charge on any atom is 0.182 e. The van der Waals surface area contributed by atoms with Crippen molar-refractivity contribution < 1.29 is 35.8 Å². The second kappa shape index (κ2) is 25.4. The number of hydrogen-bond donors (Lipinski definition) is 0. The van der Waals surface area contributed by atoms with E-state index in [-0.39, 0.29) is 11.4 Å². The molecule has 0 saturated heterocycles. The van der Waals surface area contributed by atoms with Gasteiger partial charge in [-0.05, 0) is 235 Å². The Morgan fingerprint density at radius 2 is 0.640 bits per heavy atom. The van der Waals surface area contributed by atoms with Crippen LogP contribution in [0.1, 0.15) is 55.6 Å². The lowest BCUT2D eigenvalue weighted by Gasteiger charge is -2.35. The summed E-state index contributed by atoms with van der Waals surface area (Å²) in [5.74, 6) is -1.88. The molecule has 0 aromatic heterocycles. The third-order valence-electron chi connectivity index (χ3n) is 19.3. The van der Waals surface area contributed by atoms with Crippen molar-refractivity contribution in [1.29, 1.82) is 0 Å². The van der Waals surface area contributed by atoms with E-state index in [0.29, 0.717) is 45.7 Å². The molecule has 10 heteroatoms. The Bertz CT molecular complexity index is 5450. The third-order valence-corrected chi connectivity index (χ3v) is 19.3. The highest BCUT2D eigenvalue weighted by molar-refractivity contribution is 5.92. The Hall–Kier alpha value is -12.7. The smallest absolute Gasteiger partial charge is 0.182 e. The van der Waals surface area contributed by atoms with E-state index in [4.69, 9.17) is 9.47 Å². The van der Waals surface area contributed by atoms with E-state index in [1.54, 1.807) is 52.3 Å². The van der Waals surface area contributed by atoms with Crippen LogP contribution >= 0.6 is 0 Å². The maximum absolute atomic E-state index is 16.7. The number of halogens is 6. The lowest BCUT2D eigenvalue weighted by molar-refractivity contribution is 0.482. The first-order valence-electron chi connectivity index (χ1n) is 32.6. The first-order chi connectivity index (χ1) is 48.9. The molecule has 0 saturated carbocycles. The summed E-state index contributed by atoms with van der Waals surface area (Å²) in [6.45, 7) is 7.73. The summed E-state index contributed by atoms with van der Waals surface area (Å²) in [4.78, 5) is 3.46. The number of fused-ring (bicyclic) bond motifs is 6. The van der Waals surface area contributed by atoms with Gasteiger partial charge in [0.15, 0.2) is 11.6 Å². The molecule has 14 aromatic carbocycles. The van der Waals surface area contributed by atoms with Crippen LogP contribution in [0.4, 0.5) is 60.5 Å². The second-order valence-corrected chi connectivity index (χ2v) is 24.8. The monoisotopic (exact) mass is 1310 g/mol. The van der Waals surface area contributed by atoms with Gasteiger partial charge >= 0.3 is 0 Å². The van der Waals surface area contributed by atoms with E-state index >= 15 is 22.0 Å². The zero-order valence-corrected chi connectivity index (χ0v) is 53.6. The van der Waals surface area contributed by atoms with E-state index in [0.717, 1.165) is 101 Å². The molecule has 0 radical (unpaired) electrons. The predicted molar refractivity (Wildman–Crippen MR) is 389 cm³/mol. The molecule has 0 amide bonds. The average Bonchev–Trinajstić information content (AvgIpc) is 1.54. The van der Waals surface area contributed by atoms with Crippen molar-refractivity contribution >= 4 is 46.3 Å². The molecule has 0 aliphatic heterocycles. The summed E-state index contributed by atoms with van der Waals surface area (Å²) in [6.07, 6.45) is 3.54. The zero-order valence-electron chi connectivity index (χ0n) is 53.6. The molecule has 2 aliphatic carbocycles. The molecule has 2 unspecified atom stereocenters. The Balaban J connectivity index is 0.777. The number of rotatable bonds is 17. The third kappa shape index (κ3) is 10.7. The van der Waals surface area contributed by atoms with Crippen molar-refractivity contribution in [2.45, 2.75) is 10.8 Å². The number of anilines is 6. The van der Waals surface area contributed by atoms with Crippen LogP contribution in [-0.4, -0.2) is 0 Å². The number of benzene rings is 14. The van der Waals surface area contributed by atoms with Gasteiger partial charge in [0.05, 0.1) is 22.2 Å². The molecule has 482 valence electrons. The molecule has 14 aromatic rings. The minimum Gasteiger partial charge on any atom is -0.457 e. The van der Waals surface area contributed by atoms with E-state index in [1.165, 1.54) is 42.5 Å². The molecule has 0 heterocycles. The van der Waals surface area contributed by atoms with Crippen LogP contribution in [0, 0.1) is 34.9 Å². The summed E-state index contributed by atoms with van der Waals surface area (Å²) in [5.41, 5.74) is 14.3. The van der Waals surface area contributed by atoms with Crippen LogP contribution in [0.3, 0.4) is 0 Å². The predicted octanol–water partition coefficient (Wildman–Crippen LogP) is 24.7. The van der Waals surface area contributed by atoms with Crippen LogP contribution in [0.15, 0.2) is 329 Å². The minimum atomic E-state index is -1.05. The van der Waals surface area contributed by atoms with E-state index in [1.807, 2.05) is 206 Å². The van der Waals surface area contributed by atoms with Crippen molar-refractivity contribution in [3.05, 3.63) is 419 Å². The zero-order chi connectivity index (χ0) is 68.2. The molecule has 2 aliphatic rings. The van der Waals surface area contributed by atoms with Gasteiger partial charge in [0.2, 0.25) is 0 Å². The van der Waals surface area contributed by atoms with E-state index in [2.05, 4.69) is 37.4 Å². The van der Waals surface area contributed by atoms with Crippen LogP contribution in [-0.2, 0) is 10.8 Å². The number of ether oxygens (including phenoxy) is 2. The first-order valence-corrected chi connectivity index (χ1v) is 32.6. The quantitative estimate of drug-likeness (QED) is 0.0849. The van der Waals surface area contributed by atoms with Crippen molar-refractivity contribution in [3.63, 3.8) is 0 Å². The van der Waals surface area contributed by atoms with Crippen molar-refractivity contribution in [2.75, 3.05) is 9.80 Å². The molecule has 2 atom stereocenters. The van der Waals surface area contributed by atoms with Crippen molar-refractivity contribution in [1.82, 2.24) is 0 Å². The minimum absolute atomic E-state index is 0.0321. The summed E-state index contributed by atoms with van der Waals surface area (Å²) < 4.78 is 107. The topological polar surface area (TPSA) is 24.9 Å². The molecular weight excluding hydrogens is 1250 g/mol. The lowest BCUT2D eigenvalue weighted by atomic mass is 9.67. The normalized spacial score (nSPS) is 14.7. The molecular formula is C90H58F6N2O2. The maximum atomic E-state index is 16.7. The highest BCUT2D eigenvalue weighted by atomic mass is 19.2. The largest absolute Gasteiger partial charge is 0.457 e. The molecule has 16 rings (SSSR count). The Kier molecular flexibility index (Phi) is 15.8. The molecule has 100 heavy (non-hydrogen) atoms. The second-order valence-electron chi connectivity index (χ2n) is 24.8. The molecule has 0 N–H and O–H groups in total. The Morgan fingerprint density at radius 3 is 1.05 bits per heavy atom. The van der Waals surface area contributed by atoms with Crippen molar-refractivity contribution in [2.24, 2.45) is 0 Å². The summed E-state index contributed by atoms with van der Waals surface area (Å²) in [7, 11) is 0. The number of hydrogen-bond acceptors (Lipinski definition) is 4.